The van der Waals surface area contributed by atoms with Gasteiger partial charge in [-0.2, -0.15) is 0 Å². The average Bonchev–Trinajstić information content (AvgIpc) is 2.41. The first-order valence-electron chi connectivity index (χ1n) is 6.88. The summed E-state index contributed by atoms with van der Waals surface area (Å²) < 4.78 is 33.2. The minimum Gasteiger partial charge on any atom is -0.483 e. The summed E-state index contributed by atoms with van der Waals surface area (Å²) in [5.74, 6) is -1.72. The van der Waals surface area contributed by atoms with Crippen molar-refractivity contribution in [3.05, 3.63) is 64.2 Å². The summed E-state index contributed by atoms with van der Waals surface area (Å²) >= 11 is 0. The molecule has 112 valence electrons. The molecule has 0 fully saturated rings. The Hall–Kier alpha value is -1.94. The lowest BCUT2D eigenvalue weighted by atomic mass is 10.0. The maximum absolute atomic E-state index is 13.9. The van der Waals surface area contributed by atoms with Crippen molar-refractivity contribution in [3.63, 3.8) is 0 Å². The molecule has 0 unspecified atom stereocenters. The van der Waals surface area contributed by atoms with Gasteiger partial charge in [-0.15, -0.1) is 0 Å². The third-order valence-electron chi connectivity index (χ3n) is 3.50. The lowest BCUT2D eigenvalue weighted by molar-refractivity contribution is 0.272. The van der Waals surface area contributed by atoms with E-state index in [0.29, 0.717) is 18.5 Å². The zero-order chi connectivity index (χ0) is 15.4. The molecule has 0 amide bonds. The zero-order valence-electron chi connectivity index (χ0n) is 12.2. The number of aryl methyl sites for hydroxylation is 2. The third-order valence-corrected chi connectivity index (χ3v) is 3.50. The van der Waals surface area contributed by atoms with E-state index in [1.165, 1.54) is 12.1 Å². The fourth-order valence-corrected chi connectivity index (χ4v) is 2.28. The molecule has 0 saturated heterocycles. The number of nitrogens with two attached hydrogens (primary N) is 1. The predicted molar refractivity (Wildman–Crippen MR) is 79.4 cm³/mol. The van der Waals surface area contributed by atoms with E-state index in [9.17, 15) is 8.78 Å². The first-order valence-corrected chi connectivity index (χ1v) is 6.88. The SMILES string of the molecule is Cc1cccc(C)c1COc1c(F)cc(CCN)cc1F. The van der Waals surface area contributed by atoms with Gasteiger partial charge in [-0.05, 0) is 61.2 Å². The van der Waals surface area contributed by atoms with Crippen molar-refractivity contribution in [2.24, 2.45) is 5.73 Å². The van der Waals surface area contributed by atoms with E-state index in [1.807, 2.05) is 32.0 Å². The van der Waals surface area contributed by atoms with Gasteiger partial charge in [0.15, 0.2) is 17.4 Å². The molecule has 0 aliphatic rings. The molecular formula is C17H19F2NO. The highest BCUT2D eigenvalue weighted by atomic mass is 19.1. The molecule has 0 atom stereocenters. The summed E-state index contributed by atoms with van der Waals surface area (Å²) in [6.45, 7) is 4.38. The molecule has 0 spiro atoms. The summed E-state index contributed by atoms with van der Waals surface area (Å²) in [6, 6.07) is 8.38. The van der Waals surface area contributed by atoms with E-state index >= 15 is 0 Å². The Labute approximate surface area is 123 Å². The molecule has 0 aliphatic heterocycles. The van der Waals surface area contributed by atoms with Gasteiger partial charge in [0.1, 0.15) is 6.61 Å². The Morgan fingerprint density at radius 1 is 1.05 bits per heavy atom. The molecule has 4 heteroatoms. The van der Waals surface area contributed by atoms with Crippen LogP contribution < -0.4 is 10.5 Å². The van der Waals surface area contributed by atoms with Crippen LogP contribution in [0.1, 0.15) is 22.3 Å². The quantitative estimate of drug-likeness (QED) is 0.912. The number of rotatable bonds is 5. The van der Waals surface area contributed by atoms with Crippen molar-refractivity contribution in [1.82, 2.24) is 0 Å². The molecule has 2 aromatic rings. The largest absolute Gasteiger partial charge is 0.483 e. The topological polar surface area (TPSA) is 35.2 Å². The van der Waals surface area contributed by atoms with Gasteiger partial charge in [0.25, 0.3) is 0 Å². The van der Waals surface area contributed by atoms with Crippen molar-refractivity contribution >= 4 is 0 Å². The molecule has 2 aromatic carbocycles. The number of halogens is 2. The van der Waals surface area contributed by atoms with Crippen LogP contribution >= 0.6 is 0 Å². The predicted octanol–water partition coefficient (Wildman–Crippen LogP) is 3.66. The Balaban J connectivity index is 2.21. The maximum Gasteiger partial charge on any atom is 0.191 e. The summed E-state index contributed by atoms with van der Waals surface area (Å²) in [5, 5.41) is 0. The molecule has 0 aromatic heterocycles. The van der Waals surface area contributed by atoms with Crippen molar-refractivity contribution in [2.75, 3.05) is 6.54 Å². The molecule has 2 rings (SSSR count). The standard InChI is InChI=1S/C17H19F2NO/c1-11-4-3-5-12(2)14(11)10-21-17-15(18)8-13(6-7-20)9-16(17)19/h3-5,8-9H,6-7,10,20H2,1-2H3. The second-order valence-corrected chi connectivity index (χ2v) is 5.09. The molecule has 0 radical (unpaired) electrons. The van der Waals surface area contributed by atoms with Gasteiger partial charge in [0.2, 0.25) is 0 Å². The van der Waals surface area contributed by atoms with Gasteiger partial charge >= 0.3 is 0 Å². The van der Waals surface area contributed by atoms with Crippen molar-refractivity contribution in [3.8, 4) is 5.75 Å². The molecule has 2 nitrogen and oxygen atoms in total. The van der Waals surface area contributed by atoms with Crippen molar-refractivity contribution < 1.29 is 13.5 Å². The van der Waals surface area contributed by atoms with Crippen LogP contribution in [0.5, 0.6) is 5.75 Å². The van der Waals surface area contributed by atoms with E-state index in [0.717, 1.165) is 16.7 Å². The van der Waals surface area contributed by atoms with E-state index < -0.39 is 11.6 Å². The molecule has 0 aliphatic carbocycles. The van der Waals surface area contributed by atoms with E-state index in [4.69, 9.17) is 10.5 Å². The number of ether oxygens (including phenoxy) is 1. The van der Waals surface area contributed by atoms with Gasteiger partial charge in [-0.3, -0.25) is 0 Å². The van der Waals surface area contributed by atoms with Gasteiger partial charge < -0.3 is 10.5 Å². The van der Waals surface area contributed by atoms with Crippen LogP contribution in [0.4, 0.5) is 8.78 Å². The number of benzene rings is 2. The number of hydrogen-bond acceptors (Lipinski definition) is 2. The first kappa shape index (κ1) is 15.4. The smallest absolute Gasteiger partial charge is 0.191 e. The Morgan fingerprint density at radius 2 is 1.62 bits per heavy atom. The molecule has 0 heterocycles. The van der Waals surface area contributed by atoms with Gasteiger partial charge in [-0.1, -0.05) is 18.2 Å². The van der Waals surface area contributed by atoms with Gasteiger partial charge in [0.05, 0.1) is 0 Å². The van der Waals surface area contributed by atoms with E-state index in [-0.39, 0.29) is 12.4 Å². The summed E-state index contributed by atoms with van der Waals surface area (Å²) in [5.41, 5.74) is 8.95. The van der Waals surface area contributed by atoms with Crippen LogP contribution in [0.3, 0.4) is 0 Å². The summed E-state index contributed by atoms with van der Waals surface area (Å²) in [7, 11) is 0. The Bertz CT molecular complexity index is 597. The Kier molecular flexibility index (Phi) is 4.91. The minimum atomic E-state index is -0.690. The highest BCUT2D eigenvalue weighted by Gasteiger charge is 2.13. The van der Waals surface area contributed by atoms with Gasteiger partial charge in [0, 0.05) is 0 Å². The molecular weight excluding hydrogens is 272 g/mol. The lowest BCUT2D eigenvalue weighted by Crippen LogP contribution is -2.06. The van der Waals surface area contributed by atoms with Crippen LogP contribution in [0.25, 0.3) is 0 Å². The second-order valence-electron chi connectivity index (χ2n) is 5.09. The van der Waals surface area contributed by atoms with Crippen molar-refractivity contribution in [2.45, 2.75) is 26.9 Å². The monoisotopic (exact) mass is 291 g/mol. The summed E-state index contributed by atoms with van der Waals surface area (Å²) in [6.07, 6.45) is 0.436. The third kappa shape index (κ3) is 3.58. The minimum absolute atomic E-state index is 0.141. The van der Waals surface area contributed by atoms with Crippen LogP contribution in [0.2, 0.25) is 0 Å². The zero-order valence-corrected chi connectivity index (χ0v) is 12.2. The van der Waals surface area contributed by atoms with Crippen LogP contribution in [-0.2, 0) is 13.0 Å². The fraction of sp³-hybridized carbons (Fsp3) is 0.294. The second kappa shape index (κ2) is 6.68. The molecule has 0 bridgehead atoms. The van der Waals surface area contributed by atoms with E-state index in [2.05, 4.69) is 0 Å². The van der Waals surface area contributed by atoms with Crippen LogP contribution in [-0.4, -0.2) is 6.54 Å². The Morgan fingerprint density at radius 3 is 2.14 bits per heavy atom. The normalized spacial score (nSPS) is 10.7. The lowest BCUT2D eigenvalue weighted by Gasteiger charge is -2.13. The van der Waals surface area contributed by atoms with E-state index in [1.54, 1.807) is 0 Å². The van der Waals surface area contributed by atoms with Crippen molar-refractivity contribution in [1.29, 1.82) is 0 Å². The first-order chi connectivity index (χ1) is 10.0. The molecule has 2 N–H and O–H groups in total. The molecule has 21 heavy (non-hydrogen) atoms. The highest BCUT2D eigenvalue weighted by Crippen LogP contribution is 2.25. The van der Waals surface area contributed by atoms with Crippen LogP contribution in [0.15, 0.2) is 30.3 Å². The average molecular weight is 291 g/mol. The maximum atomic E-state index is 13.9. The molecule has 0 saturated carbocycles. The van der Waals surface area contributed by atoms with Crippen LogP contribution in [0, 0.1) is 25.5 Å². The highest BCUT2D eigenvalue weighted by molar-refractivity contribution is 5.35. The summed E-state index contributed by atoms with van der Waals surface area (Å²) in [4.78, 5) is 0. The fourth-order valence-electron chi connectivity index (χ4n) is 2.28. The number of hydrogen-bond donors (Lipinski definition) is 1. The van der Waals surface area contributed by atoms with Gasteiger partial charge in [-0.25, -0.2) is 8.78 Å².